The van der Waals surface area contributed by atoms with Crippen LogP contribution in [0.5, 0.6) is 0 Å². The number of carbonyl (C=O) groups is 3. The van der Waals surface area contributed by atoms with Gasteiger partial charge in [0.15, 0.2) is 0 Å². The average molecular weight is 765 g/mol. The first-order chi connectivity index (χ1) is 26.5. The van der Waals surface area contributed by atoms with Gasteiger partial charge in [0.2, 0.25) is 0 Å². The summed E-state index contributed by atoms with van der Waals surface area (Å²) in [5, 5.41) is 0. The fourth-order valence-corrected chi connectivity index (χ4v) is 7.21. The molecular weight excluding hydrogens is 673 g/mol. The van der Waals surface area contributed by atoms with Crippen LogP contribution in [-0.2, 0) is 28.6 Å². The minimum Gasteiger partial charge on any atom is -0.466 e. The van der Waals surface area contributed by atoms with E-state index in [1.165, 1.54) is 173 Å². The van der Waals surface area contributed by atoms with Gasteiger partial charge in [0.1, 0.15) is 12.7 Å². The number of hydrogen-bond donors (Lipinski definition) is 0. The summed E-state index contributed by atoms with van der Waals surface area (Å²) in [4.78, 5) is 37.5. The molecule has 1 atom stereocenters. The van der Waals surface area contributed by atoms with Crippen LogP contribution >= 0.6 is 0 Å². The SMILES string of the molecule is CCCCCCCCCCCCCC(=O)OCCCCC(COC(=O)CCCCCCCCCCCCC)OC(=O)CCCCCCCCCCCCC. The standard InChI is InChI=1S/C48H92O6/c1-4-7-10-13-16-19-22-25-28-31-34-40-46(49)52-43-38-37-39-45(54-48(51)42-36-33-30-27-24-21-18-15-12-9-6-3)44-53-47(50)41-35-32-29-26-23-20-17-14-11-8-5-2/h45H,4-44H2,1-3H3. The molecule has 0 N–H and O–H groups in total. The zero-order valence-electron chi connectivity index (χ0n) is 36.5. The molecule has 0 amide bonds. The van der Waals surface area contributed by atoms with Gasteiger partial charge >= 0.3 is 17.9 Å². The molecule has 0 saturated carbocycles. The molecule has 6 heteroatoms. The molecule has 0 bridgehead atoms. The first kappa shape index (κ1) is 52.4. The Balaban J connectivity index is 4.27. The maximum atomic E-state index is 12.7. The Hall–Kier alpha value is -1.59. The molecule has 54 heavy (non-hydrogen) atoms. The molecule has 0 aromatic heterocycles. The van der Waals surface area contributed by atoms with Crippen LogP contribution in [0.1, 0.15) is 271 Å². The number of carbonyl (C=O) groups excluding carboxylic acids is 3. The van der Waals surface area contributed by atoms with Gasteiger partial charge in [0.05, 0.1) is 6.61 Å². The number of rotatable bonds is 44. The molecule has 0 aliphatic heterocycles. The smallest absolute Gasteiger partial charge is 0.306 e. The molecule has 0 aliphatic carbocycles. The second kappa shape index (κ2) is 44.1. The van der Waals surface area contributed by atoms with E-state index in [2.05, 4.69) is 20.8 Å². The summed E-state index contributed by atoms with van der Waals surface area (Å²) in [6, 6.07) is 0. The molecule has 0 aromatic rings. The molecule has 0 aliphatic rings. The van der Waals surface area contributed by atoms with E-state index in [0.717, 1.165) is 44.9 Å². The quantitative estimate of drug-likeness (QED) is 0.0349. The van der Waals surface area contributed by atoms with Crippen molar-refractivity contribution in [3.63, 3.8) is 0 Å². The molecule has 0 rings (SSSR count). The van der Waals surface area contributed by atoms with Crippen molar-refractivity contribution in [2.24, 2.45) is 0 Å². The zero-order chi connectivity index (χ0) is 39.4. The van der Waals surface area contributed by atoms with Gasteiger partial charge in [-0.25, -0.2) is 0 Å². The van der Waals surface area contributed by atoms with Crippen LogP contribution in [0.15, 0.2) is 0 Å². The highest BCUT2D eigenvalue weighted by Gasteiger charge is 2.17. The van der Waals surface area contributed by atoms with E-state index < -0.39 is 6.10 Å². The summed E-state index contributed by atoms with van der Waals surface area (Å²) in [5.41, 5.74) is 0. The third kappa shape index (κ3) is 41.6. The minimum absolute atomic E-state index is 0.111. The molecular formula is C48H92O6. The van der Waals surface area contributed by atoms with Crippen LogP contribution in [0.2, 0.25) is 0 Å². The molecule has 0 heterocycles. The van der Waals surface area contributed by atoms with Crippen molar-refractivity contribution in [1.82, 2.24) is 0 Å². The van der Waals surface area contributed by atoms with E-state index in [-0.39, 0.29) is 24.5 Å². The number of unbranched alkanes of at least 4 members (excludes halogenated alkanes) is 31. The maximum Gasteiger partial charge on any atom is 0.306 e. The van der Waals surface area contributed by atoms with Crippen molar-refractivity contribution in [2.45, 2.75) is 277 Å². The van der Waals surface area contributed by atoms with Gasteiger partial charge in [-0.15, -0.1) is 0 Å². The predicted molar refractivity (Wildman–Crippen MR) is 229 cm³/mol. The van der Waals surface area contributed by atoms with Crippen LogP contribution in [0.25, 0.3) is 0 Å². The molecule has 0 saturated heterocycles. The van der Waals surface area contributed by atoms with E-state index in [1.807, 2.05) is 0 Å². The summed E-state index contributed by atoms with van der Waals surface area (Å²) in [6.07, 6.45) is 44.1. The molecule has 0 fully saturated rings. The molecule has 0 spiro atoms. The summed E-state index contributed by atoms with van der Waals surface area (Å²) in [5.74, 6) is -0.512. The van der Waals surface area contributed by atoms with Gasteiger partial charge in [0, 0.05) is 19.3 Å². The highest BCUT2D eigenvalue weighted by atomic mass is 16.6. The van der Waals surface area contributed by atoms with Gasteiger partial charge in [-0.3, -0.25) is 14.4 Å². The fourth-order valence-electron chi connectivity index (χ4n) is 7.21. The van der Waals surface area contributed by atoms with Gasteiger partial charge in [-0.1, -0.05) is 213 Å². The Labute approximate surface area is 336 Å². The van der Waals surface area contributed by atoms with Crippen LogP contribution in [-0.4, -0.2) is 37.2 Å². The third-order valence-electron chi connectivity index (χ3n) is 10.9. The lowest BCUT2D eigenvalue weighted by Crippen LogP contribution is -2.25. The van der Waals surface area contributed by atoms with E-state index in [9.17, 15) is 14.4 Å². The van der Waals surface area contributed by atoms with E-state index in [0.29, 0.717) is 38.7 Å². The Morgan fingerprint density at radius 1 is 0.333 bits per heavy atom. The lowest BCUT2D eigenvalue weighted by Gasteiger charge is -2.18. The third-order valence-corrected chi connectivity index (χ3v) is 10.9. The molecule has 0 aromatic carbocycles. The van der Waals surface area contributed by atoms with Crippen molar-refractivity contribution in [2.75, 3.05) is 13.2 Å². The van der Waals surface area contributed by atoms with Gasteiger partial charge in [0.25, 0.3) is 0 Å². The van der Waals surface area contributed by atoms with Crippen molar-refractivity contribution in [3.05, 3.63) is 0 Å². The fraction of sp³-hybridized carbons (Fsp3) is 0.938. The topological polar surface area (TPSA) is 78.9 Å². The van der Waals surface area contributed by atoms with Crippen LogP contribution < -0.4 is 0 Å². The summed E-state index contributed by atoms with van der Waals surface area (Å²) < 4.78 is 16.9. The predicted octanol–water partition coefficient (Wildman–Crippen LogP) is 15.3. The number of esters is 3. The lowest BCUT2D eigenvalue weighted by atomic mass is 10.1. The van der Waals surface area contributed by atoms with Crippen molar-refractivity contribution >= 4 is 17.9 Å². The lowest BCUT2D eigenvalue weighted by molar-refractivity contribution is -0.159. The zero-order valence-corrected chi connectivity index (χ0v) is 36.5. The number of hydrogen-bond acceptors (Lipinski definition) is 6. The van der Waals surface area contributed by atoms with Crippen molar-refractivity contribution < 1.29 is 28.6 Å². The molecule has 0 radical (unpaired) electrons. The molecule has 1 unspecified atom stereocenters. The van der Waals surface area contributed by atoms with E-state index in [1.54, 1.807) is 0 Å². The van der Waals surface area contributed by atoms with E-state index >= 15 is 0 Å². The second-order valence-electron chi connectivity index (χ2n) is 16.4. The first-order valence-corrected chi connectivity index (χ1v) is 24.0. The first-order valence-electron chi connectivity index (χ1n) is 24.0. The Morgan fingerprint density at radius 2 is 0.630 bits per heavy atom. The Morgan fingerprint density at radius 3 is 0.981 bits per heavy atom. The molecule has 6 nitrogen and oxygen atoms in total. The summed E-state index contributed by atoms with van der Waals surface area (Å²) in [7, 11) is 0. The minimum atomic E-state index is -0.446. The number of ether oxygens (including phenoxy) is 3. The van der Waals surface area contributed by atoms with Crippen LogP contribution in [0.4, 0.5) is 0 Å². The average Bonchev–Trinajstić information content (AvgIpc) is 3.16. The normalized spacial score (nSPS) is 11.8. The Bertz CT molecular complexity index is 798. The summed E-state index contributed by atoms with van der Waals surface area (Å²) >= 11 is 0. The van der Waals surface area contributed by atoms with Crippen molar-refractivity contribution in [1.29, 1.82) is 0 Å². The monoisotopic (exact) mass is 765 g/mol. The summed E-state index contributed by atoms with van der Waals surface area (Å²) in [6.45, 7) is 7.27. The maximum absolute atomic E-state index is 12.7. The van der Waals surface area contributed by atoms with Gasteiger partial charge in [-0.05, 0) is 38.5 Å². The van der Waals surface area contributed by atoms with Crippen molar-refractivity contribution in [3.8, 4) is 0 Å². The highest BCUT2D eigenvalue weighted by Crippen LogP contribution is 2.16. The second-order valence-corrected chi connectivity index (χ2v) is 16.4. The van der Waals surface area contributed by atoms with Gasteiger partial charge in [-0.2, -0.15) is 0 Å². The molecule has 320 valence electrons. The van der Waals surface area contributed by atoms with E-state index in [4.69, 9.17) is 14.2 Å². The van der Waals surface area contributed by atoms with Gasteiger partial charge < -0.3 is 14.2 Å². The van der Waals surface area contributed by atoms with Crippen LogP contribution in [0, 0.1) is 0 Å². The largest absolute Gasteiger partial charge is 0.466 e. The highest BCUT2D eigenvalue weighted by molar-refractivity contribution is 5.70. The van der Waals surface area contributed by atoms with Crippen LogP contribution in [0.3, 0.4) is 0 Å². The Kier molecular flexibility index (Phi) is 42.8.